The Hall–Kier alpha value is -4.37. The highest BCUT2D eigenvalue weighted by Crippen LogP contribution is 2.19. The van der Waals surface area contributed by atoms with E-state index in [1.807, 2.05) is 18.2 Å². The van der Waals surface area contributed by atoms with Gasteiger partial charge < -0.3 is 9.15 Å². The van der Waals surface area contributed by atoms with Crippen molar-refractivity contribution in [3.63, 3.8) is 0 Å². The third-order valence-corrected chi connectivity index (χ3v) is 5.02. The van der Waals surface area contributed by atoms with Crippen LogP contribution in [0.15, 0.2) is 82.0 Å². The van der Waals surface area contributed by atoms with Gasteiger partial charge in [-0.3, -0.25) is 25.2 Å². The van der Waals surface area contributed by atoms with E-state index in [1.54, 1.807) is 49.4 Å². The molecule has 4 aromatic rings. The quantitative estimate of drug-likeness (QED) is 0.410. The first kappa shape index (κ1) is 22.8. The molecule has 0 spiro atoms. The number of benzene rings is 2. The first-order valence-electron chi connectivity index (χ1n) is 10.2. The van der Waals surface area contributed by atoms with Crippen molar-refractivity contribution in [2.45, 2.75) is 13.5 Å². The van der Waals surface area contributed by atoms with Crippen molar-refractivity contribution in [2.75, 3.05) is 0 Å². The fourth-order valence-electron chi connectivity index (χ4n) is 3.06. The molecule has 2 aromatic heterocycles. The van der Waals surface area contributed by atoms with E-state index >= 15 is 0 Å². The molecule has 172 valence electrons. The molecular weight excluding hydrogens is 460 g/mol. The molecule has 4 rings (SSSR count). The van der Waals surface area contributed by atoms with Crippen LogP contribution in [-0.4, -0.2) is 21.6 Å². The largest absolute Gasteiger partial charge is 0.486 e. The third-order valence-electron chi connectivity index (χ3n) is 4.70. The number of nitrogens with one attached hydrogen (secondary N) is 2. The fraction of sp³-hybridized carbons (Fsp3) is 0.0833. The molecule has 0 saturated heterocycles. The van der Waals surface area contributed by atoms with Crippen molar-refractivity contribution in [3.05, 3.63) is 111 Å². The summed E-state index contributed by atoms with van der Waals surface area (Å²) in [7, 11) is 0. The summed E-state index contributed by atoms with van der Waals surface area (Å²) in [5.74, 6) is -0.568. The van der Waals surface area contributed by atoms with E-state index in [0.29, 0.717) is 27.9 Å². The van der Waals surface area contributed by atoms with Gasteiger partial charge in [-0.05, 0) is 43.3 Å². The van der Waals surface area contributed by atoms with Crippen LogP contribution in [0.2, 0.25) is 5.02 Å². The number of hydrogen-bond acceptors (Lipinski definition) is 6. The topological polar surface area (TPSA) is 115 Å². The number of aryl methyl sites for hydroxylation is 1. The standard InChI is InChI=1S/C24H19ClN4O5/c1-15-13-20(30)22(28-29(15)19-10-6-5-9-18(19)25)24(32)27-26-23(31)21-12-11-17(34-21)14-33-16-7-3-2-4-8-16/h2-13H,14H2,1H3,(H,26,31)(H,27,32). The molecule has 2 heterocycles. The highest BCUT2D eigenvalue weighted by molar-refractivity contribution is 6.32. The predicted molar refractivity (Wildman–Crippen MR) is 124 cm³/mol. The molecule has 34 heavy (non-hydrogen) atoms. The average molecular weight is 479 g/mol. The Balaban J connectivity index is 1.41. The van der Waals surface area contributed by atoms with Gasteiger partial charge in [0.2, 0.25) is 5.43 Å². The van der Waals surface area contributed by atoms with Crippen LogP contribution in [0.3, 0.4) is 0 Å². The Bertz CT molecular complexity index is 1400. The number of aromatic nitrogens is 2. The Labute approximate surface area is 198 Å². The second-order valence-corrected chi connectivity index (χ2v) is 7.54. The van der Waals surface area contributed by atoms with Gasteiger partial charge in [0.05, 0.1) is 10.7 Å². The lowest BCUT2D eigenvalue weighted by Crippen LogP contribution is -2.44. The van der Waals surface area contributed by atoms with Gasteiger partial charge in [0, 0.05) is 11.8 Å². The highest BCUT2D eigenvalue weighted by Gasteiger charge is 2.18. The molecule has 9 nitrogen and oxygen atoms in total. The molecule has 0 bridgehead atoms. The predicted octanol–water partition coefficient (Wildman–Crippen LogP) is 3.44. The summed E-state index contributed by atoms with van der Waals surface area (Å²) < 4.78 is 12.4. The number of furan rings is 1. The van der Waals surface area contributed by atoms with Gasteiger partial charge in [-0.1, -0.05) is 41.9 Å². The number of carbonyl (C=O) groups excluding carboxylic acids is 2. The number of halogens is 1. The Morgan fingerprint density at radius 3 is 2.47 bits per heavy atom. The van der Waals surface area contributed by atoms with Gasteiger partial charge in [-0.15, -0.1) is 0 Å². The van der Waals surface area contributed by atoms with Crippen molar-refractivity contribution in [1.29, 1.82) is 0 Å². The second kappa shape index (κ2) is 10.1. The lowest BCUT2D eigenvalue weighted by molar-refractivity contribution is 0.0824. The normalized spacial score (nSPS) is 10.5. The number of para-hydroxylation sites is 2. The molecule has 0 aliphatic carbocycles. The summed E-state index contributed by atoms with van der Waals surface area (Å²) >= 11 is 6.22. The number of ether oxygens (including phenoxy) is 1. The van der Waals surface area contributed by atoms with Gasteiger partial charge in [0.25, 0.3) is 5.91 Å². The lowest BCUT2D eigenvalue weighted by Gasteiger charge is -2.12. The van der Waals surface area contributed by atoms with E-state index in [0.717, 1.165) is 0 Å². The second-order valence-electron chi connectivity index (χ2n) is 7.14. The van der Waals surface area contributed by atoms with E-state index < -0.39 is 22.9 Å². The molecule has 0 unspecified atom stereocenters. The van der Waals surface area contributed by atoms with Crippen LogP contribution in [0.4, 0.5) is 0 Å². The number of rotatable bonds is 6. The molecule has 10 heteroatoms. The maximum atomic E-state index is 12.6. The van der Waals surface area contributed by atoms with Gasteiger partial charge in [0.1, 0.15) is 18.1 Å². The van der Waals surface area contributed by atoms with Crippen LogP contribution >= 0.6 is 11.6 Å². The number of hydrogen-bond donors (Lipinski definition) is 2. The van der Waals surface area contributed by atoms with E-state index in [4.69, 9.17) is 20.8 Å². The summed E-state index contributed by atoms with van der Waals surface area (Å²) in [6.07, 6.45) is 0. The number of nitrogens with zero attached hydrogens (tertiary/aromatic N) is 2. The smallest absolute Gasteiger partial charge is 0.305 e. The van der Waals surface area contributed by atoms with Gasteiger partial charge >= 0.3 is 5.91 Å². The molecule has 0 aliphatic heterocycles. The van der Waals surface area contributed by atoms with Crippen LogP contribution < -0.4 is 21.0 Å². The van der Waals surface area contributed by atoms with E-state index in [1.165, 1.54) is 16.8 Å². The lowest BCUT2D eigenvalue weighted by atomic mass is 10.2. The first-order chi connectivity index (χ1) is 16.4. The minimum absolute atomic E-state index is 0.0442. The Kier molecular flexibility index (Phi) is 6.74. The van der Waals surface area contributed by atoms with Crippen LogP contribution in [0.25, 0.3) is 5.69 Å². The van der Waals surface area contributed by atoms with Crippen LogP contribution in [0.5, 0.6) is 5.75 Å². The molecule has 0 radical (unpaired) electrons. The molecular formula is C24H19ClN4O5. The number of amides is 2. The summed E-state index contributed by atoms with van der Waals surface area (Å²) in [6, 6.07) is 20.3. The zero-order chi connectivity index (χ0) is 24.1. The molecule has 2 N–H and O–H groups in total. The van der Waals surface area contributed by atoms with Crippen LogP contribution in [0, 0.1) is 6.92 Å². The average Bonchev–Trinajstić information content (AvgIpc) is 3.32. The Morgan fingerprint density at radius 2 is 1.71 bits per heavy atom. The van der Waals surface area contributed by atoms with Gasteiger partial charge in [-0.2, -0.15) is 5.10 Å². The zero-order valence-electron chi connectivity index (χ0n) is 17.9. The molecule has 0 aliphatic rings. The molecule has 2 amide bonds. The Morgan fingerprint density at radius 1 is 1.00 bits per heavy atom. The maximum Gasteiger partial charge on any atom is 0.305 e. The number of hydrazine groups is 1. The summed E-state index contributed by atoms with van der Waals surface area (Å²) in [6.45, 7) is 1.79. The molecule has 2 aromatic carbocycles. The van der Waals surface area contributed by atoms with Crippen molar-refractivity contribution in [1.82, 2.24) is 20.6 Å². The molecule has 0 saturated carbocycles. The summed E-state index contributed by atoms with van der Waals surface area (Å²) in [4.78, 5) is 37.3. The third kappa shape index (κ3) is 5.16. The van der Waals surface area contributed by atoms with Crippen molar-refractivity contribution < 1.29 is 18.7 Å². The summed E-state index contributed by atoms with van der Waals surface area (Å²) in [5, 5.41) is 4.52. The van der Waals surface area contributed by atoms with Crippen molar-refractivity contribution >= 4 is 23.4 Å². The zero-order valence-corrected chi connectivity index (χ0v) is 18.7. The van der Waals surface area contributed by atoms with Crippen molar-refractivity contribution in [2.24, 2.45) is 0 Å². The molecule has 0 atom stereocenters. The van der Waals surface area contributed by atoms with E-state index in [-0.39, 0.29) is 12.4 Å². The first-order valence-corrected chi connectivity index (χ1v) is 10.5. The maximum absolute atomic E-state index is 12.6. The van der Waals surface area contributed by atoms with E-state index in [2.05, 4.69) is 16.0 Å². The minimum Gasteiger partial charge on any atom is -0.486 e. The van der Waals surface area contributed by atoms with Crippen LogP contribution in [0.1, 0.15) is 32.5 Å². The molecule has 0 fully saturated rings. The summed E-state index contributed by atoms with van der Waals surface area (Å²) in [5.41, 5.74) is 4.35. The minimum atomic E-state index is -0.890. The van der Waals surface area contributed by atoms with Gasteiger partial charge in [0.15, 0.2) is 11.5 Å². The van der Waals surface area contributed by atoms with Gasteiger partial charge in [-0.25, -0.2) is 4.68 Å². The van der Waals surface area contributed by atoms with E-state index in [9.17, 15) is 14.4 Å². The van der Waals surface area contributed by atoms with Crippen molar-refractivity contribution in [3.8, 4) is 11.4 Å². The SMILES string of the molecule is Cc1cc(=O)c(C(=O)NNC(=O)c2ccc(COc3ccccc3)o2)nn1-c1ccccc1Cl. The highest BCUT2D eigenvalue weighted by atomic mass is 35.5. The van der Waals surface area contributed by atoms with Crippen LogP contribution in [-0.2, 0) is 6.61 Å². The number of carbonyl (C=O) groups is 2. The fourth-order valence-corrected chi connectivity index (χ4v) is 3.27. The monoisotopic (exact) mass is 478 g/mol.